The Bertz CT molecular complexity index is 500. The van der Waals surface area contributed by atoms with E-state index in [1.165, 1.54) is 38.5 Å². The summed E-state index contributed by atoms with van der Waals surface area (Å²) in [4.78, 5) is 12.2. The van der Waals surface area contributed by atoms with Crippen molar-refractivity contribution in [2.75, 3.05) is 0 Å². The van der Waals surface area contributed by atoms with E-state index in [2.05, 4.69) is 13.8 Å². The molecular formula is C21H34O2. The molecule has 0 bridgehead atoms. The summed E-state index contributed by atoms with van der Waals surface area (Å²) >= 11 is 0. The van der Waals surface area contributed by atoms with E-state index < -0.39 is 0 Å². The molecule has 0 amide bonds. The van der Waals surface area contributed by atoms with Crippen LogP contribution < -0.4 is 0 Å². The third kappa shape index (κ3) is 2.19. The molecule has 0 radical (unpaired) electrons. The second-order valence-electron chi connectivity index (χ2n) is 9.87. The van der Waals surface area contributed by atoms with Gasteiger partial charge in [0.2, 0.25) is 0 Å². The number of carbonyl (C=O) groups is 1. The molecule has 2 nitrogen and oxygen atoms in total. The summed E-state index contributed by atoms with van der Waals surface area (Å²) in [5.74, 6) is 3.97. The first-order valence-corrected chi connectivity index (χ1v) is 10.0. The van der Waals surface area contributed by atoms with Crippen LogP contribution in [0.1, 0.15) is 78.6 Å². The van der Waals surface area contributed by atoms with Crippen molar-refractivity contribution in [1.82, 2.24) is 0 Å². The Labute approximate surface area is 141 Å². The lowest BCUT2D eigenvalue weighted by atomic mass is 9.44. The van der Waals surface area contributed by atoms with Crippen LogP contribution in [0.15, 0.2) is 0 Å². The molecule has 4 rings (SSSR count). The molecular weight excluding hydrogens is 284 g/mol. The minimum absolute atomic E-state index is 0.0490. The first kappa shape index (κ1) is 16.1. The highest BCUT2D eigenvalue weighted by Crippen LogP contribution is 2.67. The van der Waals surface area contributed by atoms with Gasteiger partial charge in [-0.2, -0.15) is 0 Å². The van der Waals surface area contributed by atoms with Gasteiger partial charge in [-0.25, -0.2) is 0 Å². The minimum Gasteiger partial charge on any atom is -0.393 e. The summed E-state index contributed by atoms with van der Waals surface area (Å²) in [5, 5.41) is 10.1. The Kier molecular flexibility index (Phi) is 3.72. The fourth-order valence-corrected chi connectivity index (χ4v) is 7.90. The van der Waals surface area contributed by atoms with E-state index in [4.69, 9.17) is 0 Å². The van der Waals surface area contributed by atoms with Crippen LogP contribution in [-0.2, 0) is 4.79 Å². The Morgan fingerprint density at radius 2 is 1.61 bits per heavy atom. The summed E-state index contributed by atoms with van der Waals surface area (Å²) in [5.41, 5.74) is 0.738. The molecule has 23 heavy (non-hydrogen) atoms. The molecule has 2 heteroatoms. The second-order valence-corrected chi connectivity index (χ2v) is 9.87. The first-order valence-electron chi connectivity index (χ1n) is 10.0. The quantitative estimate of drug-likeness (QED) is 0.767. The summed E-state index contributed by atoms with van der Waals surface area (Å²) in [6.45, 7) is 6.80. The lowest BCUT2D eigenvalue weighted by molar-refractivity contribution is -0.138. The Morgan fingerprint density at radius 1 is 0.913 bits per heavy atom. The van der Waals surface area contributed by atoms with Gasteiger partial charge in [-0.15, -0.1) is 0 Å². The van der Waals surface area contributed by atoms with Crippen molar-refractivity contribution in [2.45, 2.75) is 84.7 Å². The van der Waals surface area contributed by atoms with Crippen LogP contribution in [-0.4, -0.2) is 17.0 Å². The lowest BCUT2D eigenvalue weighted by Gasteiger charge is -2.60. The molecule has 0 aromatic rings. The van der Waals surface area contributed by atoms with Gasteiger partial charge >= 0.3 is 0 Å². The highest BCUT2D eigenvalue weighted by atomic mass is 16.3. The molecule has 4 aliphatic rings. The molecule has 130 valence electrons. The summed E-state index contributed by atoms with van der Waals surface area (Å²) in [6, 6.07) is 0. The van der Waals surface area contributed by atoms with Gasteiger partial charge in [-0.3, -0.25) is 4.79 Å². The fraction of sp³-hybridized carbons (Fsp3) is 0.952. The van der Waals surface area contributed by atoms with Gasteiger partial charge in [-0.05, 0) is 99.2 Å². The van der Waals surface area contributed by atoms with E-state index in [9.17, 15) is 9.90 Å². The van der Waals surface area contributed by atoms with Gasteiger partial charge < -0.3 is 5.11 Å². The van der Waals surface area contributed by atoms with Crippen molar-refractivity contribution < 1.29 is 9.90 Å². The number of carbonyl (C=O) groups excluding carboxylic acids is 1. The molecule has 0 saturated heterocycles. The first-order chi connectivity index (χ1) is 10.9. The van der Waals surface area contributed by atoms with E-state index in [0.717, 1.165) is 42.9 Å². The highest BCUT2D eigenvalue weighted by molar-refractivity contribution is 5.79. The second kappa shape index (κ2) is 5.31. The van der Waals surface area contributed by atoms with Gasteiger partial charge in [0, 0.05) is 5.92 Å². The smallest absolute Gasteiger partial charge is 0.133 e. The monoisotopic (exact) mass is 318 g/mol. The number of fused-ring (bicyclic) bond motifs is 5. The third-order valence-corrected chi connectivity index (χ3v) is 9.13. The molecule has 8 atom stereocenters. The van der Waals surface area contributed by atoms with E-state index in [-0.39, 0.29) is 11.5 Å². The number of rotatable bonds is 1. The number of aliphatic hydroxyl groups excluding tert-OH is 1. The van der Waals surface area contributed by atoms with Crippen molar-refractivity contribution in [3.8, 4) is 0 Å². The van der Waals surface area contributed by atoms with E-state index in [1.807, 2.05) is 6.92 Å². The molecule has 4 aliphatic carbocycles. The topological polar surface area (TPSA) is 37.3 Å². The molecule has 4 fully saturated rings. The number of hydrogen-bond acceptors (Lipinski definition) is 2. The predicted molar refractivity (Wildman–Crippen MR) is 91.9 cm³/mol. The number of ketones is 1. The fourth-order valence-electron chi connectivity index (χ4n) is 7.90. The van der Waals surface area contributed by atoms with E-state index >= 15 is 0 Å². The third-order valence-electron chi connectivity index (χ3n) is 9.13. The van der Waals surface area contributed by atoms with Crippen LogP contribution >= 0.6 is 0 Å². The lowest BCUT2D eigenvalue weighted by Crippen LogP contribution is -2.54. The number of Topliss-reactive ketones (excluding diaryl/α,β-unsaturated/α-hetero) is 1. The Balaban J connectivity index is 1.61. The SMILES string of the molecule is CC(=O)[C@H]1CC[C@H]2[C@@H]3CC[C@@H]4C[C@H](O)CC[C@]4(C)[C@H]3CCC12C. The maximum absolute atomic E-state index is 12.2. The normalized spacial score (nSPS) is 55.7. The van der Waals surface area contributed by atoms with Gasteiger partial charge in [0.25, 0.3) is 0 Å². The van der Waals surface area contributed by atoms with Crippen molar-refractivity contribution in [1.29, 1.82) is 0 Å². The van der Waals surface area contributed by atoms with Gasteiger partial charge in [0.05, 0.1) is 6.10 Å². The molecule has 0 spiro atoms. The van der Waals surface area contributed by atoms with Crippen LogP contribution in [0.25, 0.3) is 0 Å². The predicted octanol–water partition coefficient (Wildman–Crippen LogP) is 4.60. The van der Waals surface area contributed by atoms with E-state index in [1.54, 1.807) is 0 Å². The van der Waals surface area contributed by atoms with Crippen molar-refractivity contribution >= 4 is 5.78 Å². The van der Waals surface area contributed by atoms with Crippen LogP contribution in [0.4, 0.5) is 0 Å². The molecule has 0 aromatic heterocycles. The van der Waals surface area contributed by atoms with Crippen LogP contribution in [0, 0.1) is 40.4 Å². The summed E-state index contributed by atoms with van der Waals surface area (Å²) < 4.78 is 0. The van der Waals surface area contributed by atoms with Gasteiger partial charge in [0.1, 0.15) is 5.78 Å². The van der Waals surface area contributed by atoms with Gasteiger partial charge in [0.15, 0.2) is 0 Å². The largest absolute Gasteiger partial charge is 0.393 e. The van der Waals surface area contributed by atoms with Crippen LogP contribution in [0.2, 0.25) is 0 Å². The van der Waals surface area contributed by atoms with Crippen LogP contribution in [0.3, 0.4) is 0 Å². The zero-order valence-corrected chi connectivity index (χ0v) is 15.2. The maximum atomic E-state index is 12.2. The van der Waals surface area contributed by atoms with Crippen molar-refractivity contribution in [2.24, 2.45) is 40.4 Å². The summed E-state index contributed by atoms with van der Waals surface area (Å²) in [7, 11) is 0. The van der Waals surface area contributed by atoms with Crippen molar-refractivity contribution in [3.05, 3.63) is 0 Å². The average molecular weight is 319 g/mol. The van der Waals surface area contributed by atoms with E-state index in [0.29, 0.717) is 17.1 Å². The molecule has 0 aliphatic heterocycles. The zero-order chi connectivity index (χ0) is 16.4. The molecule has 1 unspecified atom stereocenters. The maximum Gasteiger partial charge on any atom is 0.133 e. The number of aliphatic hydroxyl groups is 1. The molecule has 0 aromatic carbocycles. The Hall–Kier alpha value is -0.370. The summed E-state index contributed by atoms with van der Waals surface area (Å²) in [6.07, 6.45) is 10.9. The standard InChI is InChI=1S/C21H34O2/c1-13(22)17-6-7-18-16-5-4-14-12-15(23)8-10-20(14,2)19(16)9-11-21(17,18)3/h14-19,23H,4-12H2,1-3H3/t14-,15-,16+,17-,18+,19+,20+,21?/m1/s1. The highest BCUT2D eigenvalue weighted by Gasteiger charge is 2.60. The van der Waals surface area contributed by atoms with Crippen molar-refractivity contribution in [3.63, 3.8) is 0 Å². The average Bonchev–Trinajstić information content (AvgIpc) is 2.85. The van der Waals surface area contributed by atoms with Gasteiger partial charge in [-0.1, -0.05) is 13.8 Å². The number of hydrogen-bond donors (Lipinski definition) is 1. The minimum atomic E-state index is -0.0490. The molecule has 0 heterocycles. The molecule has 4 saturated carbocycles. The molecule has 1 N–H and O–H groups in total. The Morgan fingerprint density at radius 3 is 2.35 bits per heavy atom. The van der Waals surface area contributed by atoms with Crippen LogP contribution in [0.5, 0.6) is 0 Å². The zero-order valence-electron chi connectivity index (χ0n) is 15.2.